The minimum absolute atomic E-state index is 0.0553. The number of carbonyl (C=O) groups is 3. The Morgan fingerprint density at radius 3 is 2.12 bits per heavy atom. The van der Waals surface area contributed by atoms with Gasteiger partial charge < -0.3 is 24.4 Å². The quantitative estimate of drug-likeness (QED) is 0.724. The van der Waals surface area contributed by atoms with Crippen LogP contribution in [0.1, 0.15) is 12.8 Å². The van der Waals surface area contributed by atoms with Crippen molar-refractivity contribution >= 4 is 17.8 Å². The van der Waals surface area contributed by atoms with Crippen molar-refractivity contribution < 1.29 is 29.0 Å². The number of carbonyl (C=O) groups excluding carboxylic acids is 2. The van der Waals surface area contributed by atoms with Gasteiger partial charge in [0.15, 0.2) is 11.5 Å². The van der Waals surface area contributed by atoms with Crippen molar-refractivity contribution in [3.05, 3.63) is 24.3 Å². The highest BCUT2D eigenvalue weighted by atomic mass is 16.5. The van der Waals surface area contributed by atoms with E-state index in [0.717, 1.165) is 0 Å². The fourth-order valence-corrected chi connectivity index (χ4v) is 2.59. The third-order valence-electron chi connectivity index (χ3n) is 3.93. The molecule has 0 saturated carbocycles. The number of nitrogens with zero attached hydrogens (tertiary/aromatic N) is 2. The molecule has 2 rings (SSSR count). The highest BCUT2D eigenvalue weighted by molar-refractivity contribution is 5.93. The molecule has 8 nitrogen and oxygen atoms in total. The van der Waals surface area contributed by atoms with Crippen LogP contribution in [0.25, 0.3) is 0 Å². The average Bonchev–Trinajstić information content (AvgIpc) is 2.61. The van der Waals surface area contributed by atoms with Gasteiger partial charge in [-0.25, -0.2) is 0 Å². The number of rotatable bonds is 7. The number of methoxy groups -OCH3 is 1. The van der Waals surface area contributed by atoms with Gasteiger partial charge in [0.05, 0.1) is 20.1 Å². The van der Waals surface area contributed by atoms with Crippen LogP contribution < -0.4 is 9.47 Å². The van der Waals surface area contributed by atoms with Crippen LogP contribution in [0.15, 0.2) is 24.3 Å². The van der Waals surface area contributed by atoms with Gasteiger partial charge in [-0.2, -0.15) is 0 Å². The predicted molar refractivity (Wildman–Crippen MR) is 88.5 cm³/mol. The standard InChI is InChI=1S/C17H22N2O6/c1-24-13-4-2-3-5-14(13)25-11-6-15(20)18-7-9-19(10-8-18)16(21)12-17(22)23/h2-5H,6-12H2,1H3,(H,22,23). The summed E-state index contributed by atoms with van der Waals surface area (Å²) in [6, 6.07) is 7.22. The zero-order valence-electron chi connectivity index (χ0n) is 14.1. The number of aliphatic carboxylic acids is 1. The summed E-state index contributed by atoms with van der Waals surface area (Å²) in [5, 5.41) is 8.65. The molecular formula is C17H22N2O6. The van der Waals surface area contributed by atoms with Gasteiger partial charge in [0, 0.05) is 26.2 Å². The molecule has 1 N–H and O–H groups in total. The Morgan fingerprint density at radius 1 is 1.00 bits per heavy atom. The summed E-state index contributed by atoms with van der Waals surface area (Å²) >= 11 is 0. The van der Waals surface area contributed by atoms with E-state index < -0.39 is 18.3 Å². The van der Waals surface area contributed by atoms with Crippen molar-refractivity contribution in [2.45, 2.75) is 12.8 Å². The van der Waals surface area contributed by atoms with Gasteiger partial charge in [-0.1, -0.05) is 12.1 Å². The van der Waals surface area contributed by atoms with E-state index in [4.69, 9.17) is 14.6 Å². The maximum absolute atomic E-state index is 12.2. The maximum Gasteiger partial charge on any atom is 0.312 e. The lowest BCUT2D eigenvalue weighted by molar-refractivity contribution is -0.147. The van der Waals surface area contributed by atoms with Crippen LogP contribution in [0.3, 0.4) is 0 Å². The first-order valence-electron chi connectivity index (χ1n) is 8.04. The number of piperazine rings is 1. The van der Waals surface area contributed by atoms with E-state index in [0.29, 0.717) is 37.7 Å². The molecule has 0 bridgehead atoms. The zero-order valence-corrected chi connectivity index (χ0v) is 14.1. The van der Waals surface area contributed by atoms with Gasteiger partial charge in [-0.3, -0.25) is 14.4 Å². The van der Waals surface area contributed by atoms with Gasteiger partial charge in [0.1, 0.15) is 6.42 Å². The van der Waals surface area contributed by atoms with E-state index in [2.05, 4.69) is 0 Å². The first kappa shape index (κ1) is 18.6. The second-order valence-corrected chi connectivity index (χ2v) is 5.58. The van der Waals surface area contributed by atoms with Crippen LogP contribution in [-0.2, 0) is 14.4 Å². The van der Waals surface area contributed by atoms with Gasteiger partial charge in [0.25, 0.3) is 0 Å². The smallest absolute Gasteiger partial charge is 0.312 e. The molecule has 0 unspecified atom stereocenters. The lowest BCUT2D eigenvalue weighted by Crippen LogP contribution is -2.51. The summed E-state index contributed by atoms with van der Waals surface area (Å²) in [6.45, 7) is 1.74. The van der Waals surface area contributed by atoms with Gasteiger partial charge >= 0.3 is 5.97 Å². The molecule has 136 valence electrons. The molecule has 1 aromatic carbocycles. The lowest BCUT2D eigenvalue weighted by Gasteiger charge is -2.34. The number of carboxylic acid groups (broad SMARTS) is 1. The van der Waals surface area contributed by atoms with Gasteiger partial charge in [0.2, 0.25) is 11.8 Å². The molecule has 0 aromatic heterocycles. The molecule has 1 fully saturated rings. The van der Waals surface area contributed by atoms with Crippen molar-refractivity contribution in [2.24, 2.45) is 0 Å². The Hall–Kier alpha value is -2.77. The van der Waals surface area contributed by atoms with Crippen molar-refractivity contribution in [3.63, 3.8) is 0 Å². The number of hydrogen-bond acceptors (Lipinski definition) is 5. The molecule has 1 aliphatic rings. The molecule has 1 saturated heterocycles. The monoisotopic (exact) mass is 350 g/mol. The first-order valence-corrected chi connectivity index (χ1v) is 8.04. The van der Waals surface area contributed by atoms with E-state index in [1.54, 1.807) is 24.1 Å². The second-order valence-electron chi connectivity index (χ2n) is 5.58. The van der Waals surface area contributed by atoms with Crippen LogP contribution in [0.2, 0.25) is 0 Å². The van der Waals surface area contributed by atoms with Gasteiger partial charge in [-0.05, 0) is 12.1 Å². The third kappa shape index (κ3) is 5.37. The molecule has 0 radical (unpaired) electrons. The second kappa shape index (κ2) is 8.91. The predicted octanol–water partition coefficient (Wildman–Crippen LogP) is 0.610. The normalized spacial score (nSPS) is 14.1. The summed E-state index contributed by atoms with van der Waals surface area (Å²) in [6.07, 6.45) is -0.290. The molecule has 0 atom stereocenters. The summed E-state index contributed by atoms with van der Waals surface area (Å²) in [5.41, 5.74) is 0. The van der Waals surface area contributed by atoms with E-state index in [1.807, 2.05) is 12.1 Å². The van der Waals surface area contributed by atoms with Crippen LogP contribution in [-0.4, -0.2) is 72.6 Å². The minimum Gasteiger partial charge on any atom is -0.493 e. The minimum atomic E-state index is -1.14. The molecule has 25 heavy (non-hydrogen) atoms. The fourth-order valence-electron chi connectivity index (χ4n) is 2.59. The summed E-state index contributed by atoms with van der Waals surface area (Å²) in [7, 11) is 1.55. The van der Waals surface area contributed by atoms with Crippen molar-refractivity contribution in [3.8, 4) is 11.5 Å². The van der Waals surface area contributed by atoms with Crippen LogP contribution in [0, 0.1) is 0 Å². The largest absolute Gasteiger partial charge is 0.493 e. The molecule has 0 spiro atoms. The van der Waals surface area contributed by atoms with E-state index in [9.17, 15) is 14.4 Å². The molecular weight excluding hydrogens is 328 g/mol. The Morgan fingerprint density at radius 2 is 1.56 bits per heavy atom. The number of amides is 2. The van der Waals surface area contributed by atoms with E-state index >= 15 is 0 Å². The number of hydrogen-bond donors (Lipinski definition) is 1. The summed E-state index contributed by atoms with van der Waals surface area (Å²) < 4.78 is 10.8. The number of ether oxygens (including phenoxy) is 2. The Labute approximate surface area is 145 Å². The van der Waals surface area contributed by atoms with E-state index in [1.165, 1.54) is 4.90 Å². The van der Waals surface area contributed by atoms with Crippen molar-refractivity contribution in [1.29, 1.82) is 0 Å². The number of carboxylic acids is 1. The van der Waals surface area contributed by atoms with Gasteiger partial charge in [-0.15, -0.1) is 0 Å². The molecule has 1 aromatic rings. The number of para-hydroxylation sites is 2. The Kier molecular flexibility index (Phi) is 6.62. The Bertz CT molecular complexity index is 625. The highest BCUT2D eigenvalue weighted by Gasteiger charge is 2.25. The maximum atomic E-state index is 12.2. The average molecular weight is 350 g/mol. The van der Waals surface area contributed by atoms with E-state index in [-0.39, 0.29) is 18.9 Å². The Balaban J connectivity index is 1.74. The SMILES string of the molecule is COc1ccccc1OCCC(=O)N1CCN(C(=O)CC(=O)O)CC1. The number of benzene rings is 1. The first-order chi connectivity index (χ1) is 12.0. The molecule has 2 amide bonds. The van der Waals surface area contributed by atoms with Crippen LogP contribution >= 0.6 is 0 Å². The van der Waals surface area contributed by atoms with Crippen molar-refractivity contribution in [2.75, 3.05) is 39.9 Å². The highest BCUT2D eigenvalue weighted by Crippen LogP contribution is 2.25. The lowest BCUT2D eigenvalue weighted by atomic mass is 10.2. The van der Waals surface area contributed by atoms with Crippen LogP contribution in [0.5, 0.6) is 11.5 Å². The fraction of sp³-hybridized carbons (Fsp3) is 0.471. The zero-order chi connectivity index (χ0) is 18.2. The molecule has 1 heterocycles. The summed E-state index contributed by atoms with van der Waals surface area (Å²) in [5.74, 6) is -0.418. The third-order valence-corrected chi connectivity index (χ3v) is 3.93. The molecule has 1 aliphatic heterocycles. The molecule has 0 aliphatic carbocycles. The summed E-state index contributed by atoms with van der Waals surface area (Å²) in [4.78, 5) is 37.6. The molecule has 8 heteroatoms. The van der Waals surface area contributed by atoms with Crippen LogP contribution in [0.4, 0.5) is 0 Å². The topological polar surface area (TPSA) is 96.4 Å². The van der Waals surface area contributed by atoms with Crippen molar-refractivity contribution in [1.82, 2.24) is 9.80 Å².